The van der Waals surface area contributed by atoms with E-state index in [9.17, 15) is 24.1 Å². The van der Waals surface area contributed by atoms with Gasteiger partial charge in [0.1, 0.15) is 6.07 Å². The van der Waals surface area contributed by atoms with Crippen LogP contribution in [-0.4, -0.2) is 77.0 Å². The summed E-state index contributed by atoms with van der Waals surface area (Å²) in [6.45, 7) is 0.0640. The van der Waals surface area contributed by atoms with Gasteiger partial charge in [0.2, 0.25) is 5.95 Å². The van der Waals surface area contributed by atoms with Crippen LogP contribution in [0.5, 0.6) is 0 Å². The van der Waals surface area contributed by atoms with Crippen LogP contribution in [0.3, 0.4) is 0 Å². The molecule has 16 heteroatoms. The second-order valence-electron chi connectivity index (χ2n) is 9.67. The molecule has 1 saturated carbocycles. The number of alkyl halides is 2. The first kappa shape index (κ1) is 28.1. The van der Waals surface area contributed by atoms with Gasteiger partial charge in [-0.25, -0.2) is 18.6 Å². The minimum atomic E-state index is -2.58. The van der Waals surface area contributed by atoms with Gasteiger partial charge in [0.15, 0.2) is 17.2 Å². The molecule has 2 aromatic heterocycles. The summed E-state index contributed by atoms with van der Waals surface area (Å²) in [5.41, 5.74) is 1.74. The largest absolute Gasteiger partial charge is 0.453 e. The maximum Gasteiger partial charge on any atom is 0.407 e. The monoisotopic (exact) mass is 585 g/mol. The van der Waals surface area contributed by atoms with Crippen LogP contribution < -0.4 is 26.2 Å². The number of carbonyl (C=O) groups is 1. The second-order valence-corrected chi connectivity index (χ2v) is 10.0. The lowest BCUT2D eigenvalue weighted by Gasteiger charge is -2.40. The number of fused-ring (bicyclic) bond motifs is 1. The van der Waals surface area contributed by atoms with E-state index in [-0.39, 0.29) is 34.8 Å². The number of benzene rings is 1. The van der Waals surface area contributed by atoms with Crippen LogP contribution in [0.2, 0.25) is 5.02 Å². The lowest BCUT2D eigenvalue weighted by atomic mass is 9.98. The molecule has 1 saturated heterocycles. The van der Waals surface area contributed by atoms with E-state index in [1.807, 2.05) is 4.90 Å². The Labute approximate surface area is 238 Å². The van der Waals surface area contributed by atoms with Crippen molar-refractivity contribution >= 4 is 46.5 Å². The summed E-state index contributed by atoms with van der Waals surface area (Å²) in [7, 11) is 1.23. The summed E-state index contributed by atoms with van der Waals surface area (Å²) < 4.78 is 32.1. The number of halogens is 3. The molecule has 0 unspecified atom stereocenters. The van der Waals surface area contributed by atoms with Crippen molar-refractivity contribution in [2.24, 2.45) is 0 Å². The number of anilines is 4. The predicted molar refractivity (Wildman–Crippen MR) is 146 cm³/mol. The Balaban J connectivity index is 1.45. The Morgan fingerprint density at radius 2 is 2.05 bits per heavy atom. The molecule has 4 N–H and O–H groups in total. The molecule has 1 aliphatic heterocycles. The molecule has 1 aliphatic carbocycles. The van der Waals surface area contributed by atoms with Crippen molar-refractivity contribution < 1.29 is 18.3 Å². The third-order valence-corrected chi connectivity index (χ3v) is 7.20. The average molecular weight is 586 g/mol. The van der Waals surface area contributed by atoms with E-state index >= 15 is 0 Å². The number of piperidine rings is 1. The molecule has 0 radical (unpaired) electrons. The third kappa shape index (κ3) is 6.32. The average Bonchev–Trinajstić information content (AvgIpc) is 3.69. The van der Waals surface area contributed by atoms with Crippen LogP contribution >= 0.6 is 11.6 Å². The quantitative estimate of drug-likeness (QED) is 0.291. The van der Waals surface area contributed by atoms with E-state index in [1.165, 1.54) is 17.8 Å². The van der Waals surface area contributed by atoms with Crippen LogP contribution in [0.25, 0.3) is 5.65 Å². The number of aromatic nitrogens is 4. The molecule has 0 spiro atoms. The predicted octanol–water partition coefficient (Wildman–Crippen LogP) is 3.00. The molecule has 0 bridgehead atoms. The highest BCUT2D eigenvalue weighted by atomic mass is 35.5. The van der Waals surface area contributed by atoms with Gasteiger partial charge in [-0.2, -0.15) is 20.0 Å². The fourth-order valence-corrected chi connectivity index (χ4v) is 4.92. The molecule has 13 nitrogen and oxygen atoms in total. The van der Waals surface area contributed by atoms with E-state index in [0.717, 1.165) is 12.8 Å². The Morgan fingerprint density at radius 1 is 1.24 bits per heavy atom. The van der Waals surface area contributed by atoms with Gasteiger partial charge in [0.25, 0.3) is 6.43 Å². The summed E-state index contributed by atoms with van der Waals surface area (Å²) in [6.07, 6.45) is 0.545. The number of methoxy groups -OCH3 is 1. The van der Waals surface area contributed by atoms with Gasteiger partial charge in [-0.15, -0.1) is 5.10 Å². The van der Waals surface area contributed by atoms with Gasteiger partial charge in [0.05, 0.1) is 53.9 Å². The highest BCUT2D eigenvalue weighted by Crippen LogP contribution is 2.37. The smallest absolute Gasteiger partial charge is 0.407 e. The van der Waals surface area contributed by atoms with Crippen LogP contribution in [0.15, 0.2) is 18.3 Å². The molecule has 3 heterocycles. The highest BCUT2D eigenvalue weighted by molar-refractivity contribution is 6.36. The van der Waals surface area contributed by atoms with Crippen LogP contribution in [0, 0.1) is 22.7 Å². The highest BCUT2D eigenvalue weighted by Gasteiger charge is 2.32. The number of alkyl carbamates (subject to hydrolysis) is 1. The minimum absolute atomic E-state index is 0.121. The normalized spacial score (nSPS) is 18.6. The molecular weight excluding hydrogens is 560 g/mol. The number of amides is 1. The Bertz CT molecular complexity index is 1530. The van der Waals surface area contributed by atoms with Gasteiger partial charge in [0, 0.05) is 25.2 Å². The number of carbonyl (C=O) groups excluding carboxylic acids is 1. The Hall–Kier alpha value is -4.47. The van der Waals surface area contributed by atoms with Crippen molar-refractivity contribution in [3.63, 3.8) is 0 Å². The minimum Gasteiger partial charge on any atom is -0.453 e. The number of hydrogen-bond acceptors (Lipinski definition) is 11. The first-order chi connectivity index (χ1) is 19.8. The van der Waals surface area contributed by atoms with Crippen molar-refractivity contribution in [3.05, 3.63) is 34.6 Å². The van der Waals surface area contributed by atoms with Crippen molar-refractivity contribution in [2.45, 2.75) is 43.8 Å². The number of imidazole rings is 1. The van der Waals surface area contributed by atoms with E-state index in [1.54, 1.807) is 12.1 Å². The number of nitrogens with zero attached hydrogens (tertiary/aromatic N) is 7. The summed E-state index contributed by atoms with van der Waals surface area (Å²) in [4.78, 5) is 22.5. The molecule has 5 rings (SSSR count). The van der Waals surface area contributed by atoms with E-state index in [4.69, 9.17) is 11.6 Å². The fourth-order valence-electron chi connectivity index (χ4n) is 4.64. The first-order valence-electron chi connectivity index (χ1n) is 12.8. The van der Waals surface area contributed by atoms with Gasteiger partial charge in [-0.1, -0.05) is 11.6 Å². The SMILES string of the molecule is COC(=O)N[C@H]1CCN(c2cc(C#N)cc(Nc3nc(NC4CC4)c4ncc(C#N)n4n3)c2Cl)C[C@H]1NCC(F)F. The molecule has 41 heavy (non-hydrogen) atoms. The van der Waals surface area contributed by atoms with Crippen molar-refractivity contribution in [1.29, 1.82) is 10.5 Å². The third-order valence-electron chi connectivity index (χ3n) is 6.80. The summed E-state index contributed by atoms with van der Waals surface area (Å²) in [5, 5.41) is 35.8. The maximum atomic E-state index is 13.0. The maximum absolute atomic E-state index is 13.0. The van der Waals surface area contributed by atoms with Crippen LogP contribution in [0.1, 0.15) is 30.5 Å². The zero-order valence-corrected chi connectivity index (χ0v) is 22.6. The molecule has 2 fully saturated rings. The standard InChI is InChI=1S/C25H26ClF2N11O2/c1-41-25(40)35-16-4-5-38(12-18(16)31-11-20(27)28)19-7-13(8-29)6-17(21(19)26)34-24-36-22(33-14-2-3-14)23-32-10-15(9-30)39(23)37-24/h6-7,10,14,16,18,20,31H,2-5,11-12H2,1H3,(H,35,40)(H2,33,34,36,37)/t16-,18+/m0/s1. The lowest BCUT2D eigenvalue weighted by molar-refractivity contribution is 0.133. The topological polar surface area (TPSA) is 168 Å². The van der Waals surface area contributed by atoms with Crippen molar-refractivity contribution in [3.8, 4) is 12.1 Å². The molecule has 1 aromatic carbocycles. The number of nitriles is 2. The van der Waals surface area contributed by atoms with E-state index in [0.29, 0.717) is 35.8 Å². The Kier molecular flexibility index (Phi) is 8.19. The molecule has 2 aliphatic rings. The number of nitrogens with one attached hydrogen (secondary N) is 4. The fraction of sp³-hybridized carbons (Fsp3) is 0.440. The molecule has 2 atom stereocenters. The van der Waals surface area contributed by atoms with Gasteiger partial charge >= 0.3 is 6.09 Å². The number of ether oxygens (including phenoxy) is 1. The summed E-state index contributed by atoms with van der Waals surface area (Å²) in [6, 6.07) is 6.56. The zero-order chi connectivity index (χ0) is 29.1. The van der Waals surface area contributed by atoms with Gasteiger partial charge in [-0.3, -0.25) is 0 Å². The summed E-state index contributed by atoms with van der Waals surface area (Å²) in [5.74, 6) is 0.572. The zero-order valence-electron chi connectivity index (χ0n) is 21.9. The molecular formula is C25H26ClF2N11O2. The summed E-state index contributed by atoms with van der Waals surface area (Å²) >= 11 is 6.84. The molecule has 3 aromatic rings. The number of rotatable bonds is 9. The van der Waals surface area contributed by atoms with Gasteiger partial charge in [-0.05, 0) is 31.4 Å². The molecule has 1 amide bonds. The van der Waals surface area contributed by atoms with E-state index < -0.39 is 31.1 Å². The number of hydrogen-bond donors (Lipinski definition) is 4. The van der Waals surface area contributed by atoms with Crippen molar-refractivity contribution in [1.82, 2.24) is 30.2 Å². The van der Waals surface area contributed by atoms with Crippen molar-refractivity contribution in [2.75, 3.05) is 42.3 Å². The lowest BCUT2D eigenvalue weighted by Crippen LogP contribution is -2.60. The first-order valence-corrected chi connectivity index (χ1v) is 13.2. The van der Waals surface area contributed by atoms with E-state index in [2.05, 4.69) is 53.2 Å². The second kappa shape index (κ2) is 12.0. The van der Waals surface area contributed by atoms with Gasteiger partial charge < -0.3 is 30.9 Å². The Morgan fingerprint density at radius 3 is 2.73 bits per heavy atom. The molecule has 214 valence electrons. The van der Waals surface area contributed by atoms with Crippen LogP contribution in [-0.2, 0) is 4.74 Å². The van der Waals surface area contributed by atoms with Crippen LogP contribution in [0.4, 0.5) is 36.7 Å².